The van der Waals surface area contributed by atoms with Gasteiger partial charge in [-0.1, -0.05) is 55.5 Å². The Kier molecular flexibility index (Phi) is 6.40. The third kappa shape index (κ3) is 4.15. The summed E-state index contributed by atoms with van der Waals surface area (Å²) in [6.45, 7) is 3.30. The molecular weight excluding hydrogens is 384 g/mol. The molecule has 1 aliphatic carbocycles. The zero-order chi connectivity index (χ0) is 21.8. The van der Waals surface area contributed by atoms with Gasteiger partial charge in [-0.25, -0.2) is 9.59 Å². The molecule has 2 unspecified atom stereocenters. The summed E-state index contributed by atoms with van der Waals surface area (Å²) in [6.07, 6.45) is -0.381. The van der Waals surface area contributed by atoms with Crippen LogP contribution in [-0.4, -0.2) is 53.7 Å². The second-order valence-corrected chi connectivity index (χ2v) is 7.39. The summed E-state index contributed by atoms with van der Waals surface area (Å²) in [6, 6.07) is 14.2. The first kappa shape index (κ1) is 21.4. The SMILES string of the molecule is CCC(NC(=O)OCC1c2ccccc2-c2ccccc21)C(=O)N(C)C(C)C(=O)O. The maximum atomic E-state index is 12.5. The number of benzene rings is 2. The summed E-state index contributed by atoms with van der Waals surface area (Å²) in [7, 11) is 1.41. The van der Waals surface area contributed by atoms with Gasteiger partial charge in [0.1, 0.15) is 18.7 Å². The van der Waals surface area contributed by atoms with Gasteiger partial charge in [0.05, 0.1) is 0 Å². The molecule has 7 nitrogen and oxygen atoms in total. The maximum absolute atomic E-state index is 12.5. The Morgan fingerprint density at radius 3 is 2.10 bits per heavy atom. The lowest BCUT2D eigenvalue weighted by molar-refractivity contribution is -0.149. The van der Waals surface area contributed by atoms with Gasteiger partial charge < -0.3 is 20.1 Å². The van der Waals surface area contributed by atoms with Crippen LogP contribution >= 0.6 is 0 Å². The average Bonchev–Trinajstić information content (AvgIpc) is 3.08. The Morgan fingerprint density at radius 1 is 1.07 bits per heavy atom. The van der Waals surface area contributed by atoms with Crippen molar-refractivity contribution < 1.29 is 24.2 Å². The number of likely N-dealkylation sites (N-methyl/N-ethyl adjacent to an activating group) is 1. The molecule has 0 aromatic heterocycles. The highest BCUT2D eigenvalue weighted by molar-refractivity contribution is 5.89. The van der Waals surface area contributed by atoms with Gasteiger partial charge in [-0.15, -0.1) is 0 Å². The zero-order valence-electron chi connectivity index (χ0n) is 17.3. The zero-order valence-corrected chi connectivity index (χ0v) is 17.3. The van der Waals surface area contributed by atoms with Crippen molar-refractivity contribution in [1.29, 1.82) is 0 Å². The molecule has 1 aliphatic rings. The van der Waals surface area contributed by atoms with E-state index in [4.69, 9.17) is 9.84 Å². The fourth-order valence-electron chi connectivity index (χ4n) is 3.72. The maximum Gasteiger partial charge on any atom is 0.407 e. The molecule has 0 saturated carbocycles. The summed E-state index contributed by atoms with van der Waals surface area (Å²) in [5, 5.41) is 11.7. The summed E-state index contributed by atoms with van der Waals surface area (Å²) in [4.78, 5) is 37.2. The van der Waals surface area contributed by atoms with E-state index in [2.05, 4.69) is 17.4 Å². The van der Waals surface area contributed by atoms with Crippen molar-refractivity contribution in [2.24, 2.45) is 0 Å². The number of carbonyl (C=O) groups is 3. The van der Waals surface area contributed by atoms with Crippen LogP contribution in [0.5, 0.6) is 0 Å². The number of ether oxygens (including phenoxy) is 1. The summed E-state index contributed by atoms with van der Waals surface area (Å²) < 4.78 is 5.47. The molecule has 2 amide bonds. The van der Waals surface area contributed by atoms with E-state index in [1.807, 2.05) is 36.4 Å². The predicted molar refractivity (Wildman–Crippen MR) is 112 cm³/mol. The van der Waals surface area contributed by atoms with Crippen LogP contribution in [0.3, 0.4) is 0 Å². The molecule has 0 bridgehead atoms. The monoisotopic (exact) mass is 410 g/mol. The highest BCUT2D eigenvalue weighted by Gasteiger charge is 2.31. The van der Waals surface area contributed by atoms with Crippen molar-refractivity contribution in [1.82, 2.24) is 10.2 Å². The Hall–Kier alpha value is -3.35. The first-order valence-corrected chi connectivity index (χ1v) is 9.96. The van der Waals surface area contributed by atoms with Crippen LogP contribution in [0.1, 0.15) is 37.3 Å². The van der Waals surface area contributed by atoms with Crippen molar-refractivity contribution in [2.45, 2.75) is 38.3 Å². The van der Waals surface area contributed by atoms with Crippen molar-refractivity contribution in [3.63, 3.8) is 0 Å². The molecule has 0 spiro atoms. The Bertz CT molecular complexity index is 913. The minimum Gasteiger partial charge on any atom is -0.480 e. The van der Waals surface area contributed by atoms with E-state index < -0.39 is 30.1 Å². The summed E-state index contributed by atoms with van der Waals surface area (Å²) in [5.74, 6) is -1.66. The van der Waals surface area contributed by atoms with Crippen LogP contribution in [0.2, 0.25) is 0 Å². The number of aliphatic carboxylic acids is 1. The van der Waals surface area contributed by atoms with Gasteiger partial charge in [-0.2, -0.15) is 0 Å². The van der Waals surface area contributed by atoms with E-state index in [-0.39, 0.29) is 12.5 Å². The van der Waals surface area contributed by atoms with Gasteiger partial charge in [0.15, 0.2) is 0 Å². The minimum absolute atomic E-state index is 0.0753. The van der Waals surface area contributed by atoms with Crippen LogP contribution in [0.25, 0.3) is 11.1 Å². The highest BCUT2D eigenvalue weighted by atomic mass is 16.5. The standard InChI is InChI=1S/C23H26N2O5/c1-4-20(21(26)25(3)14(2)22(27)28)24-23(29)30-13-19-17-11-7-5-9-15(17)16-10-6-8-12-18(16)19/h5-12,14,19-20H,4,13H2,1-3H3,(H,24,29)(H,27,28). The molecule has 0 heterocycles. The van der Waals surface area contributed by atoms with E-state index >= 15 is 0 Å². The van der Waals surface area contributed by atoms with Gasteiger partial charge in [-0.05, 0) is 35.6 Å². The fraction of sp³-hybridized carbons (Fsp3) is 0.348. The second kappa shape index (κ2) is 8.98. The molecule has 7 heteroatoms. The number of carboxylic acids is 1. The van der Waals surface area contributed by atoms with E-state index in [1.54, 1.807) is 6.92 Å². The average molecular weight is 410 g/mol. The molecule has 2 aromatic rings. The van der Waals surface area contributed by atoms with E-state index in [0.29, 0.717) is 6.42 Å². The van der Waals surface area contributed by atoms with Crippen molar-refractivity contribution in [2.75, 3.05) is 13.7 Å². The lowest BCUT2D eigenvalue weighted by Crippen LogP contribution is -2.51. The number of hydrogen-bond donors (Lipinski definition) is 2. The third-order valence-corrected chi connectivity index (χ3v) is 5.63. The largest absolute Gasteiger partial charge is 0.480 e. The molecule has 2 atom stereocenters. The first-order chi connectivity index (χ1) is 14.3. The smallest absolute Gasteiger partial charge is 0.407 e. The van der Waals surface area contributed by atoms with Crippen molar-refractivity contribution in [3.05, 3.63) is 59.7 Å². The number of nitrogens with zero attached hydrogens (tertiary/aromatic N) is 1. The van der Waals surface area contributed by atoms with Gasteiger partial charge >= 0.3 is 12.1 Å². The molecule has 0 aliphatic heterocycles. The summed E-state index contributed by atoms with van der Waals surface area (Å²) >= 11 is 0. The fourth-order valence-corrected chi connectivity index (χ4v) is 3.72. The molecular formula is C23H26N2O5. The predicted octanol–water partition coefficient (Wildman–Crippen LogP) is 3.24. The number of nitrogens with one attached hydrogen (secondary N) is 1. The topological polar surface area (TPSA) is 95.9 Å². The number of fused-ring (bicyclic) bond motifs is 3. The van der Waals surface area contributed by atoms with Gasteiger partial charge in [0, 0.05) is 13.0 Å². The quantitative estimate of drug-likeness (QED) is 0.731. The molecule has 0 fully saturated rings. The van der Waals surface area contributed by atoms with Crippen molar-refractivity contribution in [3.8, 4) is 11.1 Å². The molecule has 2 aromatic carbocycles. The van der Waals surface area contributed by atoms with Crippen LogP contribution in [0.4, 0.5) is 4.79 Å². The highest BCUT2D eigenvalue weighted by Crippen LogP contribution is 2.44. The van der Waals surface area contributed by atoms with Crippen LogP contribution < -0.4 is 5.32 Å². The molecule has 2 N–H and O–H groups in total. The van der Waals surface area contributed by atoms with E-state index in [0.717, 1.165) is 27.2 Å². The van der Waals surface area contributed by atoms with E-state index in [9.17, 15) is 14.4 Å². The van der Waals surface area contributed by atoms with Crippen LogP contribution in [0, 0.1) is 0 Å². The lowest BCUT2D eigenvalue weighted by atomic mass is 9.98. The van der Waals surface area contributed by atoms with E-state index in [1.165, 1.54) is 14.0 Å². The molecule has 3 rings (SSSR count). The first-order valence-electron chi connectivity index (χ1n) is 9.96. The normalized spacial score (nSPS) is 14.2. The molecule has 158 valence electrons. The lowest BCUT2D eigenvalue weighted by Gasteiger charge is -2.26. The number of amides is 2. The van der Waals surface area contributed by atoms with Crippen molar-refractivity contribution >= 4 is 18.0 Å². The molecule has 0 radical (unpaired) electrons. The number of carboxylic acid groups (broad SMARTS) is 1. The molecule has 30 heavy (non-hydrogen) atoms. The summed E-state index contributed by atoms with van der Waals surface area (Å²) in [5.41, 5.74) is 4.47. The number of hydrogen-bond acceptors (Lipinski definition) is 4. The number of carbonyl (C=O) groups excluding carboxylic acids is 2. The number of alkyl carbamates (subject to hydrolysis) is 1. The molecule has 0 saturated heterocycles. The Labute approximate surface area is 175 Å². The third-order valence-electron chi connectivity index (χ3n) is 5.63. The number of rotatable bonds is 7. The second-order valence-electron chi connectivity index (χ2n) is 7.39. The van der Waals surface area contributed by atoms with Gasteiger partial charge in [0.25, 0.3) is 0 Å². The van der Waals surface area contributed by atoms with Crippen LogP contribution in [0.15, 0.2) is 48.5 Å². The van der Waals surface area contributed by atoms with Gasteiger partial charge in [0.2, 0.25) is 5.91 Å². The Morgan fingerprint density at radius 2 is 1.60 bits per heavy atom. The Balaban J connectivity index is 1.66. The minimum atomic E-state index is -1.11. The van der Waals surface area contributed by atoms with Gasteiger partial charge in [-0.3, -0.25) is 4.79 Å². The van der Waals surface area contributed by atoms with Crippen LogP contribution in [-0.2, 0) is 14.3 Å².